The van der Waals surface area contributed by atoms with Crippen molar-refractivity contribution in [3.63, 3.8) is 0 Å². The second kappa shape index (κ2) is 11.9. The average molecular weight is 535 g/mol. The fourth-order valence-corrected chi connectivity index (χ4v) is 4.75. The Labute approximate surface area is 221 Å². The van der Waals surface area contributed by atoms with E-state index in [1.54, 1.807) is 18.2 Å². The van der Waals surface area contributed by atoms with Gasteiger partial charge in [-0.2, -0.15) is 0 Å². The van der Waals surface area contributed by atoms with Gasteiger partial charge >= 0.3 is 5.97 Å². The zero-order valence-electron chi connectivity index (χ0n) is 21.8. The molecule has 0 aliphatic carbocycles. The van der Waals surface area contributed by atoms with Gasteiger partial charge in [0.25, 0.3) is 5.91 Å². The molecule has 3 atom stereocenters. The smallest absolute Gasteiger partial charge is 0.328 e. The minimum Gasteiger partial charge on any atom is -0.494 e. The topological polar surface area (TPSA) is 139 Å². The predicted molar refractivity (Wildman–Crippen MR) is 139 cm³/mol. The third-order valence-electron chi connectivity index (χ3n) is 6.31. The van der Waals surface area contributed by atoms with E-state index in [4.69, 9.17) is 21.1 Å². The zero-order chi connectivity index (χ0) is 27.3. The summed E-state index contributed by atoms with van der Waals surface area (Å²) >= 11 is 6.20. The predicted octanol–water partition coefficient (Wildman–Crippen LogP) is 2.94. The Morgan fingerprint density at radius 1 is 1.16 bits per heavy atom. The number of aromatic amines is 1. The Hall–Kier alpha value is -3.27. The molecule has 1 aliphatic rings. The van der Waals surface area contributed by atoms with Gasteiger partial charge in [-0.3, -0.25) is 14.4 Å². The van der Waals surface area contributed by atoms with Crippen molar-refractivity contribution in [3.8, 4) is 5.75 Å². The number of carbonyl (C=O) groups excluding carboxylic acids is 4. The Balaban J connectivity index is 1.81. The number of esters is 1. The van der Waals surface area contributed by atoms with Gasteiger partial charge in [0, 0.05) is 23.4 Å². The third kappa shape index (κ3) is 7.15. The molecule has 0 unspecified atom stereocenters. The number of fused-ring (bicyclic) bond motifs is 1. The number of benzene rings is 1. The van der Waals surface area contributed by atoms with Gasteiger partial charge in [-0.25, -0.2) is 4.79 Å². The summed E-state index contributed by atoms with van der Waals surface area (Å²) in [6, 6.07) is 3.04. The molecule has 2 heterocycles. The van der Waals surface area contributed by atoms with E-state index in [0.29, 0.717) is 41.1 Å². The number of carbonyl (C=O) groups is 4. The second-order valence-corrected chi connectivity index (χ2v) is 10.9. The summed E-state index contributed by atoms with van der Waals surface area (Å²) in [6.07, 6.45) is 1.83. The van der Waals surface area contributed by atoms with Crippen LogP contribution >= 0.6 is 11.6 Å². The van der Waals surface area contributed by atoms with Crippen LogP contribution < -0.4 is 20.7 Å². The van der Waals surface area contributed by atoms with Crippen LogP contribution in [0.3, 0.4) is 0 Å². The molecular formula is C26H35ClN4O6. The lowest BCUT2D eigenvalue weighted by Crippen LogP contribution is -2.54. The zero-order valence-corrected chi connectivity index (χ0v) is 22.6. The minimum absolute atomic E-state index is 0.114. The molecule has 11 heteroatoms. The molecule has 4 N–H and O–H groups in total. The molecule has 37 heavy (non-hydrogen) atoms. The molecule has 1 saturated heterocycles. The molecule has 1 aliphatic heterocycles. The normalized spacial score (nSPS) is 17.5. The summed E-state index contributed by atoms with van der Waals surface area (Å²) in [5.74, 6) is -1.81. The number of rotatable bonds is 9. The lowest BCUT2D eigenvalue weighted by Gasteiger charge is -2.29. The van der Waals surface area contributed by atoms with Crippen LogP contribution in [0.4, 0.5) is 0 Å². The second-order valence-electron chi connectivity index (χ2n) is 10.5. The molecule has 0 spiro atoms. The van der Waals surface area contributed by atoms with E-state index in [1.807, 2.05) is 20.8 Å². The van der Waals surface area contributed by atoms with Crippen LogP contribution in [0.15, 0.2) is 18.2 Å². The highest BCUT2D eigenvalue weighted by Crippen LogP contribution is 2.33. The van der Waals surface area contributed by atoms with E-state index in [9.17, 15) is 19.2 Å². The first-order valence-corrected chi connectivity index (χ1v) is 12.6. The monoisotopic (exact) mass is 534 g/mol. The number of methoxy groups -OCH3 is 2. The lowest BCUT2D eigenvalue weighted by atomic mass is 9.87. The summed E-state index contributed by atoms with van der Waals surface area (Å²) in [7, 11) is 2.72. The molecular weight excluding hydrogens is 500 g/mol. The Kier molecular flexibility index (Phi) is 9.07. The fourth-order valence-electron chi connectivity index (χ4n) is 4.51. The first kappa shape index (κ1) is 28.3. The summed E-state index contributed by atoms with van der Waals surface area (Å²) < 4.78 is 10.2. The van der Waals surface area contributed by atoms with Crippen LogP contribution in [0.5, 0.6) is 5.75 Å². The van der Waals surface area contributed by atoms with Crippen molar-refractivity contribution in [2.24, 2.45) is 11.3 Å². The van der Waals surface area contributed by atoms with Gasteiger partial charge in [-0.1, -0.05) is 32.4 Å². The van der Waals surface area contributed by atoms with Crippen molar-refractivity contribution >= 4 is 46.2 Å². The molecule has 1 aromatic carbocycles. The molecule has 0 saturated carbocycles. The van der Waals surface area contributed by atoms with Gasteiger partial charge in [0.05, 0.1) is 19.2 Å². The van der Waals surface area contributed by atoms with Crippen LogP contribution in [0.1, 0.15) is 56.9 Å². The first-order chi connectivity index (χ1) is 17.4. The number of aromatic nitrogens is 1. The molecule has 1 fully saturated rings. The Morgan fingerprint density at radius 2 is 1.89 bits per heavy atom. The van der Waals surface area contributed by atoms with E-state index in [2.05, 4.69) is 20.9 Å². The Morgan fingerprint density at radius 3 is 2.51 bits per heavy atom. The van der Waals surface area contributed by atoms with Gasteiger partial charge in [-0.15, -0.1) is 0 Å². The highest BCUT2D eigenvalue weighted by molar-refractivity contribution is 6.33. The highest BCUT2D eigenvalue weighted by atomic mass is 35.5. The number of hydrogen-bond donors (Lipinski definition) is 4. The average Bonchev–Trinajstić information content (AvgIpc) is 3.27. The van der Waals surface area contributed by atoms with Crippen LogP contribution in [0.25, 0.3) is 10.9 Å². The van der Waals surface area contributed by atoms with Crippen LogP contribution in [0.2, 0.25) is 5.02 Å². The van der Waals surface area contributed by atoms with Gasteiger partial charge in [0.15, 0.2) is 0 Å². The van der Waals surface area contributed by atoms with Crippen molar-refractivity contribution < 1.29 is 28.7 Å². The molecule has 1 aromatic heterocycles. The first-order valence-electron chi connectivity index (χ1n) is 12.3. The van der Waals surface area contributed by atoms with Crippen LogP contribution in [-0.4, -0.2) is 61.5 Å². The van der Waals surface area contributed by atoms with E-state index in [1.165, 1.54) is 14.2 Å². The SMILES string of the molecule is COC(=O)[C@H](C[C@@H]1CCCNC1=O)NC(=O)[C@H](CC(C)(C)C)NC(=O)c1cc2c(OC)c(Cl)ccc2[nH]1. The van der Waals surface area contributed by atoms with Crippen molar-refractivity contribution in [2.45, 2.75) is 58.5 Å². The summed E-state index contributed by atoms with van der Waals surface area (Å²) in [4.78, 5) is 54.3. The van der Waals surface area contributed by atoms with E-state index in [0.717, 1.165) is 6.42 Å². The molecule has 2 aromatic rings. The molecule has 3 rings (SSSR count). The minimum atomic E-state index is -1.02. The van der Waals surface area contributed by atoms with Crippen molar-refractivity contribution in [1.82, 2.24) is 20.9 Å². The maximum Gasteiger partial charge on any atom is 0.328 e. The van der Waals surface area contributed by atoms with Crippen LogP contribution in [-0.2, 0) is 19.1 Å². The number of hydrogen-bond acceptors (Lipinski definition) is 6. The summed E-state index contributed by atoms with van der Waals surface area (Å²) in [6.45, 7) is 6.42. The summed E-state index contributed by atoms with van der Waals surface area (Å²) in [5, 5.41) is 9.33. The molecule has 10 nitrogen and oxygen atoms in total. The highest BCUT2D eigenvalue weighted by Gasteiger charge is 2.34. The van der Waals surface area contributed by atoms with Gasteiger partial charge in [-0.05, 0) is 49.3 Å². The molecule has 0 radical (unpaired) electrons. The van der Waals surface area contributed by atoms with Gasteiger partial charge in [0.1, 0.15) is 23.5 Å². The molecule has 0 bridgehead atoms. The van der Waals surface area contributed by atoms with E-state index < -0.39 is 35.8 Å². The number of halogens is 1. The van der Waals surface area contributed by atoms with Crippen molar-refractivity contribution in [3.05, 3.63) is 28.9 Å². The molecule has 202 valence electrons. The largest absolute Gasteiger partial charge is 0.494 e. The van der Waals surface area contributed by atoms with E-state index >= 15 is 0 Å². The number of H-pyrrole nitrogens is 1. The summed E-state index contributed by atoms with van der Waals surface area (Å²) in [5.41, 5.74) is 0.557. The van der Waals surface area contributed by atoms with Gasteiger partial charge in [0.2, 0.25) is 11.8 Å². The number of nitrogens with one attached hydrogen (secondary N) is 4. The fraction of sp³-hybridized carbons (Fsp3) is 0.538. The number of amides is 3. The van der Waals surface area contributed by atoms with Crippen molar-refractivity contribution in [1.29, 1.82) is 0 Å². The maximum absolute atomic E-state index is 13.4. The van der Waals surface area contributed by atoms with Gasteiger partial charge < -0.3 is 30.4 Å². The Bertz CT molecular complexity index is 1170. The maximum atomic E-state index is 13.4. The number of piperidine rings is 1. The van der Waals surface area contributed by atoms with Crippen LogP contribution in [0, 0.1) is 11.3 Å². The third-order valence-corrected chi connectivity index (χ3v) is 6.61. The quantitative estimate of drug-likeness (QED) is 0.365. The lowest BCUT2D eigenvalue weighted by molar-refractivity contribution is -0.146. The number of ether oxygens (including phenoxy) is 2. The van der Waals surface area contributed by atoms with E-state index in [-0.39, 0.29) is 23.4 Å². The molecule has 3 amide bonds. The van der Waals surface area contributed by atoms with Crippen molar-refractivity contribution in [2.75, 3.05) is 20.8 Å². The standard InChI is InChI=1S/C26H35ClN4O6/c1-26(2,3)13-20(24(34)30-19(25(35)37-5)11-14-7-6-10-28-22(14)32)31-23(33)18-12-15-17(29-18)9-8-16(27)21(15)36-4/h8-9,12,14,19-20,29H,6-7,10-11,13H2,1-5H3,(H,28,32)(H,30,34)(H,31,33)/t14-,19-,20-/m0/s1.